The van der Waals surface area contributed by atoms with Crippen LogP contribution in [0, 0.1) is 0 Å². The van der Waals surface area contributed by atoms with E-state index in [-0.39, 0.29) is 5.78 Å². The lowest BCUT2D eigenvalue weighted by Gasteiger charge is -2.20. The first-order chi connectivity index (χ1) is 7.11. The van der Waals surface area contributed by atoms with Gasteiger partial charge < -0.3 is 4.90 Å². The van der Waals surface area contributed by atoms with Gasteiger partial charge in [-0.15, -0.1) is 11.3 Å². The molecular formula is C12H19NOS. The summed E-state index contributed by atoms with van der Waals surface area (Å²) in [6, 6.07) is 4.39. The van der Waals surface area contributed by atoms with Gasteiger partial charge in [0.25, 0.3) is 0 Å². The van der Waals surface area contributed by atoms with Gasteiger partial charge in [0, 0.05) is 12.5 Å². The van der Waals surface area contributed by atoms with Gasteiger partial charge in [0.05, 0.1) is 4.88 Å². The third-order valence-corrected chi connectivity index (χ3v) is 3.50. The van der Waals surface area contributed by atoms with Crippen molar-refractivity contribution in [2.45, 2.75) is 32.7 Å². The summed E-state index contributed by atoms with van der Waals surface area (Å²) in [6.45, 7) is 5.33. The van der Waals surface area contributed by atoms with Crippen molar-refractivity contribution in [1.82, 2.24) is 4.90 Å². The third-order valence-electron chi connectivity index (χ3n) is 2.59. The van der Waals surface area contributed by atoms with E-state index in [0.29, 0.717) is 12.5 Å². The highest BCUT2D eigenvalue weighted by molar-refractivity contribution is 7.12. The van der Waals surface area contributed by atoms with Gasteiger partial charge in [-0.05, 0) is 45.3 Å². The summed E-state index contributed by atoms with van der Waals surface area (Å²) in [4.78, 5) is 14.8. The molecule has 0 aliphatic rings. The summed E-state index contributed by atoms with van der Waals surface area (Å²) < 4.78 is 0. The first kappa shape index (κ1) is 12.4. The molecule has 0 saturated heterocycles. The molecule has 2 nitrogen and oxygen atoms in total. The number of carbonyl (C=O) groups excluding carboxylic acids is 1. The summed E-state index contributed by atoms with van der Waals surface area (Å²) in [5.74, 6) is 0.280. The van der Waals surface area contributed by atoms with Gasteiger partial charge in [0.15, 0.2) is 5.78 Å². The molecule has 1 aromatic rings. The third kappa shape index (κ3) is 4.14. The Morgan fingerprint density at radius 2 is 2.27 bits per heavy atom. The van der Waals surface area contributed by atoms with Crippen molar-refractivity contribution in [3.63, 3.8) is 0 Å². The van der Waals surface area contributed by atoms with Crippen molar-refractivity contribution in [2.24, 2.45) is 0 Å². The summed E-state index contributed by atoms with van der Waals surface area (Å²) in [6.07, 6.45) is 1.61. The van der Waals surface area contributed by atoms with Crippen molar-refractivity contribution in [2.75, 3.05) is 13.6 Å². The van der Waals surface area contributed by atoms with Crippen molar-refractivity contribution in [3.05, 3.63) is 22.4 Å². The SMILES string of the molecule is CC(C)N(C)CCCC(=O)c1cccs1. The number of rotatable bonds is 6. The molecule has 1 aromatic heterocycles. The van der Waals surface area contributed by atoms with E-state index in [1.807, 2.05) is 17.5 Å². The monoisotopic (exact) mass is 225 g/mol. The largest absolute Gasteiger partial charge is 0.304 e. The van der Waals surface area contributed by atoms with E-state index in [1.54, 1.807) is 0 Å². The normalized spacial score (nSPS) is 11.3. The van der Waals surface area contributed by atoms with E-state index in [0.717, 1.165) is 17.8 Å². The van der Waals surface area contributed by atoms with Gasteiger partial charge in [-0.3, -0.25) is 4.79 Å². The predicted octanol–water partition coefficient (Wildman–Crippen LogP) is 3.05. The Morgan fingerprint density at radius 1 is 1.53 bits per heavy atom. The number of Topliss-reactive ketones (excluding diaryl/α,β-unsaturated/α-hetero) is 1. The van der Waals surface area contributed by atoms with Gasteiger partial charge in [0.2, 0.25) is 0 Å². The Labute approximate surface area is 95.9 Å². The molecule has 0 fully saturated rings. The van der Waals surface area contributed by atoms with Crippen molar-refractivity contribution >= 4 is 17.1 Å². The molecule has 0 spiro atoms. The minimum absolute atomic E-state index is 0.280. The number of hydrogen-bond acceptors (Lipinski definition) is 3. The Balaban J connectivity index is 2.24. The van der Waals surface area contributed by atoms with Crippen molar-refractivity contribution < 1.29 is 4.79 Å². The van der Waals surface area contributed by atoms with E-state index in [1.165, 1.54) is 11.3 Å². The molecule has 0 amide bonds. The molecule has 0 bridgehead atoms. The van der Waals surface area contributed by atoms with Gasteiger partial charge >= 0.3 is 0 Å². The second kappa shape index (κ2) is 6.03. The predicted molar refractivity (Wildman–Crippen MR) is 65.6 cm³/mol. The lowest BCUT2D eigenvalue weighted by atomic mass is 10.2. The zero-order chi connectivity index (χ0) is 11.3. The molecule has 1 heterocycles. The minimum Gasteiger partial charge on any atom is -0.304 e. The van der Waals surface area contributed by atoms with Crippen LogP contribution in [0.15, 0.2) is 17.5 Å². The summed E-state index contributed by atoms with van der Waals surface area (Å²) >= 11 is 1.53. The maximum Gasteiger partial charge on any atom is 0.172 e. The average molecular weight is 225 g/mol. The highest BCUT2D eigenvalue weighted by Gasteiger charge is 2.08. The number of nitrogens with zero attached hydrogens (tertiary/aromatic N) is 1. The van der Waals surface area contributed by atoms with Crippen LogP contribution < -0.4 is 0 Å². The van der Waals surface area contributed by atoms with E-state index >= 15 is 0 Å². The van der Waals surface area contributed by atoms with Gasteiger partial charge in [-0.1, -0.05) is 6.07 Å². The summed E-state index contributed by atoms with van der Waals surface area (Å²) in [5, 5.41) is 1.95. The highest BCUT2D eigenvalue weighted by atomic mass is 32.1. The maximum atomic E-state index is 11.6. The zero-order valence-electron chi connectivity index (χ0n) is 9.69. The van der Waals surface area contributed by atoms with Gasteiger partial charge in [0.1, 0.15) is 0 Å². The molecule has 0 aliphatic heterocycles. The molecule has 15 heavy (non-hydrogen) atoms. The van der Waals surface area contributed by atoms with Crippen LogP contribution in [0.5, 0.6) is 0 Å². The molecule has 84 valence electrons. The van der Waals surface area contributed by atoms with Crippen LogP contribution in [-0.4, -0.2) is 30.3 Å². The average Bonchev–Trinajstić information content (AvgIpc) is 2.70. The second-order valence-corrected chi connectivity index (χ2v) is 5.03. The van der Waals surface area contributed by atoms with Crippen LogP contribution in [0.1, 0.15) is 36.4 Å². The van der Waals surface area contributed by atoms with Crippen LogP contribution in [0.3, 0.4) is 0 Å². The molecule has 0 aromatic carbocycles. The molecular weight excluding hydrogens is 206 g/mol. The molecule has 0 radical (unpaired) electrons. The zero-order valence-corrected chi connectivity index (χ0v) is 10.5. The standard InChI is InChI=1S/C12H19NOS/c1-10(2)13(3)8-4-6-11(14)12-7-5-9-15-12/h5,7,9-10H,4,6,8H2,1-3H3. The lowest BCUT2D eigenvalue weighted by molar-refractivity contribution is 0.0978. The fraction of sp³-hybridized carbons (Fsp3) is 0.583. The molecule has 0 saturated carbocycles. The molecule has 1 rings (SSSR count). The van der Waals surface area contributed by atoms with E-state index in [9.17, 15) is 4.79 Å². The minimum atomic E-state index is 0.280. The molecule has 0 aliphatic carbocycles. The van der Waals surface area contributed by atoms with Crippen LogP contribution in [0.2, 0.25) is 0 Å². The van der Waals surface area contributed by atoms with Gasteiger partial charge in [-0.25, -0.2) is 0 Å². The van der Waals surface area contributed by atoms with E-state index in [4.69, 9.17) is 0 Å². The molecule has 0 unspecified atom stereocenters. The fourth-order valence-corrected chi connectivity index (χ4v) is 2.00. The van der Waals surface area contributed by atoms with Crippen LogP contribution >= 0.6 is 11.3 Å². The second-order valence-electron chi connectivity index (χ2n) is 4.08. The highest BCUT2D eigenvalue weighted by Crippen LogP contribution is 2.12. The molecule has 3 heteroatoms. The van der Waals surface area contributed by atoms with E-state index < -0.39 is 0 Å². The topological polar surface area (TPSA) is 20.3 Å². The summed E-state index contributed by atoms with van der Waals surface area (Å²) in [7, 11) is 2.10. The van der Waals surface area contributed by atoms with Gasteiger partial charge in [-0.2, -0.15) is 0 Å². The quantitative estimate of drug-likeness (QED) is 0.694. The number of carbonyl (C=O) groups is 1. The maximum absolute atomic E-state index is 11.6. The van der Waals surface area contributed by atoms with Crippen molar-refractivity contribution in [3.8, 4) is 0 Å². The number of hydrogen-bond donors (Lipinski definition) is 0. The van der Waals surface area contributed by atoms with Crippen LogP contribution in [-0.2, 0) is 0 Å². The molecule has 0 atom stereocenters. The lowest BCUT2D eigenvalue weighted by Crippen LogP contribution is -2.27. The van der Waals surface area contributed by atoms with Crippen LogP contribution in [0.25, 0.3) is 0 Å². The Hall–Kier alpha value is -0.670. The Bertz CT molecular complexity index is 293. The first-order valence-electron chi connectivity index (χ1n) is 5.38. The summed E-state index contributed by atoms with van der Waals surface area (Å²) in [5.41, 5.74) is 0. The Kier molecular flexibility index (Phi) is 4.99. The fourth-order valence-electron chi connectivity index (χ4n) is 1.31. The van der Waals surface area contributed by atoms with E-state index in [2.05, 4.69) is 25.8 Å². The smallest absolute Gasteiger partial charge is 0.172 e. The Morgan fingerprint density at radius 3 is 2.80 bits per heavy atom. The van der Waals surface area contributed by atoms with Crippen molar-refractivity contribution in [1.29, 1.82) is 0 Å². The number of thiophene rings is 1. The van der Waals surface area contributed by atoms with Crippen LogP contribution in [0.4, 0.5) is 0 Å². The molecule has 0 N–H and O–H groups in total. The number of ketones is 1. The first-order valence-corrected chi connectivity index (χ1v) is 6.26.